The fraction of sp³-hybridized carbons (Fsp3) is 0. The Morgan fingerprint density at radius 2 is 0.960 bits per heavy atom. The van der Waals surface area contributed by atoms with Crippen LogP contribution in [0.3, 0.4) is 0 Å². The molecule has 0 unspecified atom stereocenters. The van der Waals surface area contributed by atoms with Crippen molar-refractivity contribution in [3.63, 3.8) is 0 Å². The number of rotatable bonds is 2. The second-order valence-electron chi connectivity index (χ2n) is 4.39. The molecular formula is C12H16N2O9S2. The molecule has 0 saturated carbocycles. The number of benzene rings is 2. The van der Waals surface area contributed by atoms with Gasteiger partial charge in [0.05, 0.1) is 21.2 Å². The van der Waals surface area contributed by atoms with E-state index in [1.165, 1.54) is 0 Å². The van der Waals surface area contributed by atoms with Crippen LogP contribution in [-0.4, -0.2) is 41.6 Å². The summed E-state index contributed by atoms with van der Waals surface area (Å²) in [7, 11) is -8.47. The minimum Gasteiger partial charge on any atom is -0.506 e. The third-order valence-electron chi connectivity index (χ3n) is 2.59. The monoisotopic (exact) mass is 396 g/mol. The molecule has 0 radical (unpaired) electrons. The molecule has 2 aromatic rings. The molecule has 10 N–H and O–H groups in total. The summed E-state index contributed by atoms with van der Waals surface area (Å²) >= 11 is 0. The highest BCUT2D eigenvalue weighted by atomic mass is 32.2. The molecule has 13 heteroatoms. The van der Waals surface area contributed by atoms with E-state index in [2.05, 4.69) is 0 Å². The van der Waals surface area contributed by atoms with Crippen LogP contribution in [0.15, 0.2) is 46.2 Å². The maximum Gasteiger partial charge on any atom is 0.294 e. The van der Waals surface area contributed by atoms with Gasteiger partial charge in [-0.2, -0.15) is 16.8 Å². The molecule has 0 aliphatic rings. The lowest BCUT2D eigenvalue weighted by atomic mass is 10.3. The predicted octanol–water partition coefficient (Wildman–Crippen LogP) is -0.383. The van der Waals surface area contributed by atoms with Crippen LogP contribution in [0.5, 0.6) is 11.5 Å². The van der Waals surface area contributed by atoms with Gasteiger partial charge in [-0.05, 0) is 36.4 Å². The van der Waals surface area contributed by atoms with Gasteiger partial charge in [-0.15, -0.1) is 0 Å². The summed E-state index contributed by atoms with van der Waals surface area (Å²) in [4.78, 5) is -0.671. The van der Waals surface area contributed by atoms with Crippen LogP contribution < -0.4 is 11.5 Å². The molecule has 25 heavy (non-hydrogen) atoms. The Bertz CT molecular complexity index is 877. The molecule has 0 fully saturated rings. The van der Waals surface area contributed by atoms with Gasteiger partial charge in [0.1, 0.15) is 11.5 Å². The molecule has 0 aromatic heterocycles. The van der Waals surface area contributed by atoms with Crippen molar-refractivity contribution < 1.29 is 41.6 Å². The highest BCUT2D eigenvalue weighted by molar-refractivity contribution is 7.86. The van der Waals surface area contributed by atoms with E-state index in [-0.39, 0.29) is 38.1 Å². The first kappa shape index (κ1) is 22.4. The molecule has 0 atom stereocenters. The lowest BCUT2D eigenvalue weighted by Gasteiger charge is -2.00. The number of nitrogens with two attached hydrogens (primary N) is 2. The highest BCUT2D eigenvalue weighted by Crippen LogP contribution is 2.23. The van der Waals surface area contributed by atoms with Crippen molar-refractivity contribution in [3.8, 4) is 11.5 Å². The maximum atomic E-state index is 10.5. The van der Waals surface area contributed by atoms with E-state index in [9.17, 15) is 16.8 Å². The number of hydrogen-bond donors (Lipinski definition) is 6. The molecule has 2 rings (SSSR count). The van der Waals surface area contributed by atoms with Crippen molar-refractivity contribution >= 4 is 31.6 Å². The van der Waals surface area contributed by atoms with Gasteiger partial charge in [0.15, 0.2) is 0 Å². The van der Waals surface area contributed by atoms with Gasteiger partial charge < -0.3 is 27.2 Å². The number of phenolic OH excluding ortho intramolecular Hbond substituents is 2. The van der Waals surface area contributed by atoms with E-state index in [0.717, 1.165) is 36.4 Å². The zero-order chi connectivity index (χ0) is 18.7. The fourth-order valence-corrected chi connectivity index (χ4v) is 2.42. The Hall–Kier alpha value is -2.58. The van der Waals surface area contributed by atoms with Gasteiger partial charge in [-0.3, -0.25) is 9.11 Å². The number of phenols is 2. The summed E-state index contributed by atoms with van der Waals surface area (Å²) in [5.41, 5.74) is 10.2. The molecule has 2 aromatic carbocycles. The largest absolute Gasteiger partial charge is 0.506 e. The number of nitrogen functional groups attached to an aromatic ring is 2. The van der Waals surface area contributed by atoms with E-state index in [1.807, 2.05) is 0 Å². The number of aromatic hydroxyl groups is 2. The zero-order valence-corrected chi connectivity index (χ0v) is 14.0. The van der Waals surface area contributed by atoms with Crippen molar-refractivity contribution in [2.45, 2.75) is 9.79 Å². The molecule has 0 spiro atoms. The van der Waals surface area contributed by atoms with Crippen molar-refractivity contribution in [2.24, 2.45) is 0 Å². The Labute approximate surface area is 143 Å². The molecular weight excluding hydrogens is 380 g/mol. The van der Waals surface area contributed by atoms with Crippen LogP contribution in [-0.2, 0) is 20.2 Å². The zero-order valence-electron chi connectivity index (χ0n) is 12.4. The second kappa shape index (κ2) is 8.00. The normalized spacial score (nSPS) is 11.0. The highest BCUT2D eigenvalue weighted by Gasteiger charge is 2.11. The standard InChI is InChI=1S/2C6H7NO4S.H2O/c2*7-5-3-4(12(9,10)11)1-2-6(5)8;/h2*1-3,8H,7H2,(H,9,10,11);1H2. The molecule has 0 bridgehead atoms. The summed E-state index contributed by atoms with van der Waals surface area (Å²) in [6.45, 7) is 0. The van der Waals surface area contributed by atoms with Crippen molar-refractivity contribution in [3.05, 3.63) is 36.4 Å². The minimum atomic E-state index is -4.23. The van der Waals surface area contributed by atoms with E-state index in [1.54, 1.807) is 0 Å². The van der Waals surface area contributed by atoms with Crippen LogP contribution in [0.4, 0.5) is 11.4 Å². The fourth-order valence-electron chi connectivity index (χ4n) is 1.39. The van der Waals surface area contributed by atoms with Crippen molar-refractivity contribution in [1.82, 2.24) is 0 Å². The van der Waals surface area contributed by atoms with Gasteiger partial charge in [0, 0.05) is 0 Å². The van der Waals surface area contributed by atoms with Crippen molar-refractivity contribution in [2.75, 3.05) is 11.5 Å². The molecule has 0 heterocycles. The summed E-state index contributed by atoms with van der Waals surface area (Å²) in [6.07, 6.45) is 0. The summed E-state index contributed by atoms with van der Waals surface area (Å²) in [5, 5.41) is 17.8. The van der Waals surface area contributed by atoms with E-state index >= 15 is 0 Å². The first-order chi connectivity index (χ1) is 10.8. The van der Waals surface area contributed by atoms with Crippen LogP contribution in [0.2, 0.25) is 0 Å². The smallest absolute Gasteiger partial charge is 0.294 e. The van der Waals surface area contributed by atoms with Gasteiger partial charge in [0.25, 0.3) is 20.2 Å². The lowest BCUT2D eigenvalue weighted by Crippen LogP contribution is -1.98. The summed E-state index contributed by atoms with van der Waals surface area (Å²) in [5.74, 6) is -0.440. The van der Waals surface area contributed by atoms with Crippen molar-refractivity contribution in [1.29, 1.82) is 0 Å². The van der Waals surface area contributed by atoms with Crippen LogP contribution in [0, 0.1) is 0 Å². The Morgan fingerprint density at radius 1 is 0.680 bits per heavy atom. The molecule has 0 amide bonds. The third kappa shape index (κ3) is 6.44. The Balaban J connectivity index is 0.000000443. The average Bonchev–Trinajstić information content (AvgIpc) is 2.43. The molecule has 11 nitrogen and oxygen atoms in total. The summed E-state index contributed by atoms with van der Waals surface area (Å²) < 4.78 is 59.1. The average molecular weight is 396 g/mol. The SMILES string of the molecule is Nc1cc(S(=O)(=O)O)ccc1O.Nc1cc(S(=O)(=O)O)ccc1O.O. The molecule has 0 saturated heterocycles. The third-order valence-corrected chi connectivity index (χ3v) is 4.29. The quantitative estimate of drug-likeness (QED) is 0.218. The molecule has 140 valence electrons. The van der Waals surface area contributed by atoms with E-state index < -0.39 is 20.2 Å². The van der Waals surface area contributed by atoms with Gasteiger partial charge >= 0.3 is 0 Å². The lowest BCUT2D eigenvalue weighted by molar-refractivity contribution is 0.473. The minimum absolute atomic E-state index is 0. The van der Waals surface area contributed by atoms with E-state index in [4.69, 9.17) is 30.8 Å². The predicted molar refractivity (Wildman–Crippen MR) is 88.3 cm³/mol. The first-order valence-electron chi connectivity index (χ1n) is 5.94. The van der Waals surface area contributed by atoms with Crippen LogP contribution in [0.1, 0.15) is 0 Å². The topological polar surface area (TPSA) is 233 Å². The van der Waals surface area contributed by atoms with Gasteiger partial charge in [-0.25, -0.2) is 0 Å². The number of hydrogen-bond acceptors (Lipinski definition) is 8. The van der Waals surface area contributed by atoms with Gasteiger partial charge in [0.2, 0.25) is 0 Å². The second-order valence-corrected chi connectivity index (χ2v) is 7.23. The van der Waals surface area contributed by atoms with E-state index in [0.29, 0.717) is 0 Å². The number of anilines is 2. The molecule has 0 aliphatic heterocycles. The van der Waals surface area contributed by atoms with Gasteiger partial charge in [-0.1, -0.05) is 0 Å². The summed E-state index contributed by atoms with van der Waals surface area (Å²) in [6, 6.07) is 6.26. The Morgan fingerprint density at radius 3 is 1.16 bits per heavy atom. The Kier molecular flexibility index (Phi) is 7.17. The van der Waals surface area contributed by atoms with Crippen LogP contribution in [0.25, 0.3) is 0 Å². The molecule has 0 aliphatic carbocycles. The van der Waals surface area contributed by atoms with Crippen LogP contribution >= 0.6 is 0 Å². The first-order valence-corrected chi connectivity index (χ1v) is 8.82. The maximum absolute atomic E-state index is 10.5.